The molecule has 0 amide bonds. The summed E-state index contributed by atoms with van der Waals surface area (Å²) in [6.45, 7) is 0. The van der Waals surface area contributed by atoms with Crippen LogP contribution in [0.25, 0.3) is 10.2 Å². The summed E-state index contributed by atoms with van der Waals surface area (Å²) in [6.07, 6.45) is 0.466. The summed E-state index contributed by atoms with van der Waals surface area (Å²) in [5, 5.41) is 0.462. The normalized spacial score (nSPS) is 11.0. The molecule has 7 heteroatoms. The second-order valence-corrected chi connectivity index (χ2v) is 6.27. The Morgan fingerprint density at radius 3 is 2.67 bits per heavy atom. The summed E-state index contributed by atoms with van der Waals surface area (Å²) >= 11 is 0.981. The second-order valence-electron chi connectivity index (χ2n) is 5.19. The van der Waals surface area contributed by atoms with Crippen molar-refractivity contribution in [2.24, 2.45) is 0 Å². The number of fused-ring (bicyclic) bond motifs is 1. The molecule has 1 aromatic heterocycles. The van der Waals surface area contributed by atoms with Gasteiger partial charge in [0.1, 0.15) is 11.3 Å². The third kappa shape index (κ3) is 3.26. The zero-order valence-electron chi connectivity index (χ0n) is 12.6. The highest BCUT2D eigenvalue weighted by atomic mass is 32.1. The SMILES string of the molecule is COC(=O)Cc1cccc(Cc2nc3c(F)c(F)cc(F)c3s2)c1. The Kier molecular flexibility index (Phi) is 4.53. The van der Waals surface area contributed by atoms with Crippen LogP contribution in [0.1, 0.15) is 16.1 Å². The summed E-state index contributed by atoms with van der Waals surface area (Å²) in [5.74, 6) is -3.58. The van der Waals surface area contributed by atoms with Crippen LogP contribution in [-0.2, 0) is 22.4 Å². The average Bonchev–Trinajstić information content (AvgIpc) is 2.97. The first-order valence-corrected chi connectivity index (χ1v) is 7.87. The Balaban J connectivity index is 1.90. The van der Waals surface area contributed by atoms with Crippen molar-refractivity contribution in [1.82, 2.24) is 4.98 Å². The van der Waals surface area contributed by atoms with Crippen molar-refractivity contribution in [2.45, 2.75) is 12.8 Å². The molecule has 24 heavy (non-hydrogen) atoms. The Hall–Kier alpha value is -2.41. The summed E-state index contributed by atoms with van der Waals surface area (Å²) in [7, 11) is 1.32. The monoisotopic (exact) mass is 351 g/mol. The van der Waals surface area contributed by atoms with Crippen LogP contribution in [0.15, 0.2) is 30.3 Å². The molecule has 0 fully saturated rings. The predicted octanol–water partition coefficient (Wildman–Crippen LogP) is 4.02. The number of esters is 1. The molecular formula is C17H12F3NO2S. The number of nitrogens with zero attached hydrogens (tertiary/aromatic N) is 1. The number of rotatable bonds is 4. The van der Waals surface area contributed by atoms with Gasteiger partial charge in [-0.2, -0.15) is 0 Å². The molecule has 0 unspecified atom stereocenters. The number of halogens is 3. The van der Waals surface area contributed by atoms with E-state index in [2.05, 4.69) is 9.72 Å². The number of carbonyl (C=O) groups is 1. The Bertz CT molecular complexity index is 924. The number of aromatic nitrogens is 1. The maximum atomic E-state index is 13.7. The van der Waals surface area contributed by atoms with Crippen LogP contribution in [0, 0.1) is 17.5 Å². The standard InChI is InChI=1S/C17H12F3NO2S/c1-23-14(22)7-10-4-2-3-9(5-10)6-13-21-16-15(20)11(18)8-12(19)17(16)24-13/h2-5,8H,6-7H2,1H3. The molecule has 1 heterocycles. The molecule has 2 aromatic carbocycles. The van der Waals surface area contributed by atoms with E-state index in [0.717, 1.165) is 22.5 Å². The van der Waals surface area contributed by atoms with Gasteiger partial charge in [-0.25, -0.2) is 18.2 Å². The topological polar surface area (TPSA) is 39.2 Å². The maximum Gasteiger partial charge on any atom is 0.309 e. The number of carbonyl (C=O) groups excluding carboxylic acids is 1. The Morgan fingerprint density at radius 2 is 1.92 bits per heavy atom. The van der Waals surface area contributed by atoms with E-state index in [0.29, 0.717) is 17.5 Å². The van der Waals surface area contributed by atoms with Crippen LogP contribution in [0.3, 0.4) is 0 Å². The van der Waals surface area contributed by atoms with E-state index in [-0.39, 0.29) is 22.6 Å². The van der Waals surface area contributed by atoms with Gasteiger partial charge in [-0.15, -0.1) is 11.3 Å². The smallest absolute Gasteiger partial charge is 0.309 e. The minimum Gasteiger partial charge on any atom is -0.469 e. The van der Waals surface area contributed by atoms with Crippen molar-refractivity contribution in [2.75, 3.05) is 7.11 Å². The fraction of sp³-hybridized carbons (Fsp3) is 0.176. The quantitative estimate of drug-likeness (QED) is 0.526. The third-order valence-electron chi connectivity index (χ3n) is 3.48. The number of methoxy groups -OCH3 is 1. The van der Waals surface area contributed by atoms with Crippen LogP contribution < -0.4 is 0 Å². The van der Waals surface area contributed by atoms with Gasteiger partial charge in [0.05, 0.1) is 23.2 Å². The van der Waals surface area contributed by atoms with E-state index < -0.39 is 17.5 Å². The molecule has 0 spiro atoms. The number of ether oxygens (including phenoxy) is 1. The van der Waals surface area contributed by atoms with Gasteiger partial charge in [0.2, 0.25) is 0 Å². The van der Waals surface area contributed by atoms with Gasteiger partial charge < -0.3 is 4.74 Å². The van der Waals surface area contributed by atoms with Crippen LogP contribution in [0.4, 0.5) is 13.2 Å². The van der Waals surface area contributed by atoms with Gasteiger partial charge in [0, 0.05) is 12.5 Å². The maximum absolute atomic E-state index is 13.7. The molecule has 124 valence electrons. The first-order chi connectivity index (χ1) is 11.5. The highest BCUT2D eigenvalue weighted by Crippen LogP contribution is 2.30. The molecular weight excluding hydrogens is 339 g/mol. The molecule has 0 aliphatic heterocycles. The van der Waals surface area contributed by atoms with Crippen molar-refractivity contribution in [3.8, 4) is 0 Å². The van der Waals surface area contributed by atoms with Crippen molar-refractivity contribution in [1.29, 1.82) is 0 Å². The predicted molar refractivity (Wildman–Crippen MR) is 84.5 cm³/mol. The van der Waals surface area contributed by atoms with E-state index in [1.165, 1.54) is 7.11 Å². The van der Waals surface area contributed by atoms with Gasteiger partial charge in [-0.3, -0.25) is 4.79 Å². The van der Waals surface area contributed by atoms with E-state index in [1.54, 1.807) is 18.2 Å². The number of hydrogen-bond acceptors (Lipinski definition) is 4. The van der Waals surface area contributed by atoms with Gasteiger partial charge in [0.15, 0.2) is 11.6 Å². The zero-order valence-corrected chi connectivity index (χ0v) is 13.4. The Morgan fingerprint density at radius 1 is 1.17 bits per heavy atom. The van der Waals surface area contributed by atoms with Gasteiger partial charge >= 0.3 is 5.97 Å². The third-order valence-corrected chi connectivity index (χ3v) is 4.55. The molecule has 0 radical (unpaired) electrons. The van der Waals surface area contributed by atoms with Crippen LogP contribution >= 0.6 is 11.3 Å². The van der Waals surface area contributed by atoms with Crippen molar-refractivity contribution in [3.05, 3.63) is 63.9 Å². The molecule has 0 N–H and O–H groups in total. The van der Waals surface area contributed by atoms with E-state index in [1.807, 2.05) is 6.07 Å². The average molecular weight is 351 g/mol. The largest absolute Gasteiger partial charge is 0.469 e. The summed E-state index contributed by atoms with van der Waals surface area (Å²) in [4.78, 5) is 15.3. The molecule has 3 rings (SSSR count). The van der Waals surface area contributed by atoms with Crippen LogP contribution in [-0.4, -0.2) is 18.1 Å². The van der Waals surface area contributed by atoms with Crippen LogP contribution in [0.2, 0.25) is 0 Å². The lowest BCUT2D eigenvalue weighted by Gasteiger charge is -2.03. The van der Waals surface area contributed by atoms with Crippen molar-refractivity contribution in [3.63, 3.8) is 0 Å². The molecule has 0 bridgehead atoms. The zero-order chi connectivity index (χ0) is 17.3. The minimum atomic E-state index is -1.25. The second kappa shape index (κ2) is 6.60. The molecule has 3 aromatic rings. The lowest BCUT2D eigenvalue weighted by molar-refractivity contribution is -0.139. The van der Waals surface area contributed by atoms with Gasteiger partial charge in [-0.05, 0) is 11.1 Å². The molecule has 0 saturated carbocycles. The van der Waals surface area contributed by atoms with Crippen molar-refractivity contribution < 1.29 is 22.7 Å². The minimum absolute atomic E-state index is 0.00499. The first-order valence-electron chi connectivity index (χ1n) is 7.05. The molecule has 0 saturated heterocycles. The number of hydrogen-bond donors (Lipinski definition) is 0. The van der Waals surface area contributed by atoms with Crippen molar-refractivity contribution >= 4 is 27.5 Å². The summed E-state index contributed by atoms with van der Waals surface area (Å²) < 4.78 is 45.3. The number of benzene rings is 2. The fourth-order valence-corrected chi connectivity index (χ4v) is 3.37. The fourth-order valence-electron chi connectivity index (χ4n) is 2.37. The molecule has 0 atom stereocenters. The number of thiazole rings is 1. The highest BCUT2D eigenvalue weighted by molar-refractivity contribution is 7.18. The van der Waals surface area contributed by atoms with E-state index in [4.69, 9.17) is 0 Å². The lowest BCUT2D eigenvalue weighted by atomic mass is 10.1. The Labute approximate surface area is 139 Å². The highest BCUT2D eigenvalue weighted by Gasteiger charge is 2.17. The summed E-state index contributed by atoms with van der Waals surface area (Å²) in [6, 6.07) is 7.71. The molecule has 3 nitrogen and oxygen atoms in total. The summed E-state index contributed by atoms with van der Waals surface area (Å²) in [5.41, 5.74) is 1.30. The van der Waals surface area contributed by atoms with Gasteiger partial charge in [0.25, 0.3) is 0 Å². The van der Waals surface area contributed by atoms with E-state index >= 15 is 0 Å². The molecule has 0 aliphatic rings. The van der Waals surface area contributed by atoms with Crippen LogP contribution in [0.5, 0.6) is 0 Å². The molecule has 0 aliphatic carbocycles. The lowest BCUT2D eigenvalue weighted by Crippen LogP contribution is -2.04. The van der Waals surface area contributed by atoms with E-state index in [9.17, 15) is 18.0 Å². The first kappa shape index (κ1) is 16.4. The van der Waals surface area contributed by atoms with Gasteiger partial charge in [-0.1, -0.05) is 24.3 Å².